The first-order valence-corrected chi connectivity index (χ1v) is 9.43. The van der Waals surface area contributed by atoms with Gasteiger partial charge in [0.15, 0.2) is 0 Å². The Labute approximate surface area is 131 Å². The summed E-state index contributed by atoms with van der Waals surface area (Å²) in [6.07, 6.45) is 0.589. The molecule has 3 rings (SSSR count). The van der Waals surface area contributed by atoms with E-state index in [0.29, 0.717) is 5.02 Å². The minimum atomic E-state index is -0.542. The predicted octanol–water partition coefficient (Wildman–Crippen LogP) is 5.10. The number of rotatable bonds is 2. The summed E-state index contributed by atoms with van der Waals surface area (Å²) in [5, 5.41) is 11.1. The normalized spacial score (nSPS) is 16.6. The molecule has 0 saturated heterocycles. The molecule has 96 valence electrons. The van der Waals surface area contributed by atoms with Crippen molar-refractivity contribution >= 4 is 62.0 Å². The zero-order valence-corrected chi connectivity index (χ0v) is 14.1. The first-order valence-electron chi connectivity index (χ1n) is 5.47. The van der Waals surface area contributed by atoms with Crippen molar-refractivity contribution in [2.75, 3.05) is 5.75 Å². The Bertz CT molecular complexity index is 535. The third-order valence-corrected chi connectivity index (χ3v) is 7.67. The number of aliphatic hydroxyl groups excluding tert-OH is 1. The highest BCUT2D eigenvalue weighted by molar-refractivity contribution is 9.11. The van der Waals surface area contributed by atoms with Gasteiger partial charge in [0.1, 0.15) is 6.10 Å². The minimum Gasteiger partial charge on any atom is -0.382 e. The van der Waals surface area contributed by atoms with Crippen molar-refractivity contribution in [3.8, 4) is 0 Å². The molecule has 6 heteroatoms. The summed E-state index contributed by atoms with van der Waals surface area (Å²) in [6, 6.07) is 3.99. The van der Waals surface area contributed by atoms with Crippen molar-refractivity contribution in [2.24, 2.45) is 0 Å². The van der Waals surface area contributed by atoms with Crippen molar-refractivity contribution in [3.63, 3.8) is 0 Å². The molecular formula is C12H10BrClOS3. The van der Waals surface area contributed by atoms with Crippen LogP contribution in [0.25, 0.3) is 0 Å². The molecule has 0 bridgehead atoms. The van der Waals surface area contributed by atoms with Gasteiger partial charge in [-0.3, -0.25) is 0 Å². The van der Waals surface area contributed by atoms with Gasteiger partial charge in [0.05, 0.1) is 8.81 Å². The van der Waals surface area contributed by atoms with E-state index in [0.717, 1.165) is 25.7 Å². The lowest BCUT2D eigenvalue weighted by Gasteiger charge is -2.08. The number of thioether (sulfide) groups is 1. The van der Waals surface area contributed by atoms with E-state index in [4.69, 9.17) is 11.6 Å². The first-order chi connectivity index (χ1) is 8.65. The number of aryl methyl sites for hydroxylation is 1. The SMILES string of the molecule is OC(c1cc(Cl)c(Br)s1)c1cc2c(s1)CCSC2. The molecule has 0 spiro atoms. The van der Waals surface area contributed by atoms with Crippen LogP contribution in [0.5, 0.6) is 0 Å². The molecule has 0 aromatic carbocycles. The van der Waals surface area contributed by atoms with E-state index in [1.807, 2.05) is 17.8 Å². The zero-order valence-electron chi connectivity index (χ0n) is 9.28. The number of thiophene rings is 2. The zero-order chi connectivity index (χ0) is 12.7. The lowest BCUT2D eigenvalue weighted by atomic mass is 10.2. The van der Waals surface area contributed by atoms with Crippen molar-refractivity contribution < 1.29 is 5.11 Å². The summed E-state index contributed by atoms with van der Waals surface area (Å²) >= 11 is 14.6. The number of halogens is 2. The molecule has 2 aromatic rings. The molecule has 1 aliphatic rings. The quantitative estimate of drug-likeness (QED) is 0.781. The molecular weight excluding hydrogens is 372 g/mol. The molecule has 2 aromatic heterocycles. The second-order valence-corrected chi connectivity index (χ2v) is 9.16. The van der Waals surface area contributed by atoms with E-state index in [-0.39, 0.29) is 0 Å². The number of hydrogen-bond donors (Lipinski definition) is 1. The minimum absolute atomic E-state index is 0.542. The molecule has 0 radical (unpaired) electrons. The lowest BCUT2D eigenvalue weighted by molar-refractivity contribution is 0.228. The van der Waals surface area contributed by atoms with Gasteiger partial charge in [0.25, 0.3) is 0 Å². The molecule has 0 aliphatic carbocycles. The second kappa shape index (κ2) is 5.46. The summed E-state index contributed by atoms with van der Waals surface area (Å²) < 4.78 is 0.884. The van der Waals surface area contributed by atoms with Gasteiger partial charge in [0, 0.05) is 20.4 Å². The van der Waals surface area contributed by atoms with Crippen LogP contribution in [0.4, 0.5) is 0 Å². The van der Waals surface area contributed by atoms with Crippen molar-refractivity contribution in [2.45, 2.75) is 18.3 Å². The molecule has 1 nitrogen and oxygen atoms in total. The van der Waals surface area contributed by atoms with Crippen molar-refractivity contribution in [1.82, 2.24) is 0 Å². The summed E-state index contributed by atoms with van der Waals surface area (Å²) in [4.78, 5) is 3.37. The van der Waals surface area contributed by atoms with Gasteiger partial charge in [-0.05, 0) is 45.8 Å². The lowest BCUT2D eigenvalue weighted by Crippen LogP contribution is -1.96. The first kappa shape index (κ1) is 13.5. The highest BCUT2D eigenvalue weighted by atomic mass is 79.9. The van der Waals surface area contributed by atoms with Crippen LogP contribution in [0, 0.1) is 0 Å². The maximum atomic E-state index is 10.4. The maximum absolute atomic E-state index is 10.4. The Morgan fingerprint density at radius 2 is 2.06 bits per heavy atom. The van der Waals surface area contributed by atoms with E-state index in [1.54, 1.807) is 11.3 Å². The fourth-order valence-corrected chi connectivity index (χ4v) is 6.15. The van der Waals surface area contributed by atoms with Gasteiger partial charge in [-0.15, -0.1) is 22.7 Å². The fourth-order valence-electron chi connectivity index (χ4n) is 1.94. The molecule has 1 aliphatic heterocycles. The number of fused-ring (bicyclic) bond motifs is 1. The summed E-state index contributed by atoms with van der Waals surface area (Å²) in [5.41, 5.74) is 1.40. The van der Waals surface area contributed by atoms with E-state index in [2.05, 4.69) is 22.0 Å². The second-order valence-electron chi connectivity index (χ2n) is 4.07. The Kier molecular flexibility index (Phi) is 4.09. The van der Waals surface area contributed by atoms with Crippen LogP contribution in [0.3, 0.4) is 0 Å². The van der Waals surface area contributed by atoms with Crippen molar-refractivity contribution in [3.05, 3.63) is 41.1 Å². The average Bonchev–Trinajstić information content (AvgIpc) is 2.93. The summed E-state index contributed by atoms with van der Waals surface area (Å²) in [7, 11) is 0. The molecule has 1 unspecified atom stereocenters. The molecule has 0 fully saturated rings. The van der Waals surface area contributed by atoms with Crippen LogP contribution in [0.15, 0.2) is 15.9 Å². The van der Waals surface area contributed by atoms with E-state index in [1.165, 1.54) is 27.5 Å². The Balaban J connectivity index is 1.92. The number of aliphatic hydroxyl groups is 1. The molecule has 0 amide bonds. The molecule has 1 N–H and O–H groups in total. The predicted molar refractivity (Wildman–Crippen MR) is 85.3 cm³/mol. The van der Waals surface area contributed by atoms with Gasteiger partial charge >= 0.3 is 0 Å². The Hall–Kier alpha value is 0.480. The highest BCUT2D eigenvalue weighted by Gasteiger charge is 2.21. The van der Waals surface area contributed by atoms with Crippen LogP contribution in [0.1, 0.15) is 26.3 Å². The number of hydrogen-bond acceptors (Lipinski definition) is 4. The maximum Gasteiger partial charge on any atom is 0.122 e. The Morgan fingerprint density at radius 3 is 2.72 bits per heavy atom. The molecule has 1 atom stereocenters. The third kappa shape index (κ3) is 2.53. The van der Waals surface area contributed by atoms with Gasteiger partial charge < -0.3 is 5.11 Å². The monoisotopic (exact) mass is 380 g/mol. The molecule has 0 saturated carbocycles. The summed E-state index contributed by atoms with van der Waals surface area (Å²) in [6.45, 7) is 0. The van der Waals surface area contributed by atoms with Gasteiger partial charge in [-0.2, -0.15) is 11.8 Å². The molecule has 18 heavy (non-hydrogen) atoms. The van der Waals surface area contributed by atoms with E-state index >= 15 is 0 Å². The fraction of sp³-hybridized carbons (Fsp3) is 0.333. The highest BCUT2D eigenvalue weighted by Crippen LogP contribution is 2.41. The summed E-state index contributed by atoms with van der Waals surface area (Å²) in [5.74, 6) is 2.27. The van der Waals surface area contributed by atoms with Crippen LogP contribution in [-0.4, -0.2) is 10.9 Å². The Morgan fingerprint density at radius 1 is 1.28 bits per heavy atom. The van der Waals surface area contributed by atoms with Gasteiger partial charge in [-0.25, -0.2) is 0 Å². The van der Waals surface area contributed by atoms with Crippen LogP contribution in [-0.2, 0) is 12.2 Å². The largest absolute Gasteiger partial charge is 0.382 e. The van der Waals surface area contributed by atoms with Crippen LogP contribution < -0.4 is 0 Å². The van der Waals surface area contributed by atoms with Gasteiger partial charge in [-0.1, -0.05) is 11.6 Å². The third-order valence-electron chi connectivity index (χ3n) is 2.85. The smallest absolute Gasteiger partial charge is 0.122 e. The topological polar surface area (TPSA) is 20.2 Å². The van der Waals surface area contributed by atoms with E-state index in [9.17, 15) is 5.11 Å². The van der Waals surface area contributed by atoms with Gasteiger partial charge in [0.2, 0.25) is 0 Å². The van der Waals surface area contributed by atoms with Crippen molar-refractivity contribution in [1.29, 1.82) is 0 Å². The van der Waals surface area contributed by atoms with Crippen LogP contribution in [0.2, 0.25) is 5.02 Å². The van der Waals surface area contributed by atoms with Crippen LogP contribution >= 0.6 is 62.0 Å². The molecule has 3 heterocycles. The average molecular weight is 382 g/mol. The standard InChI is InChI=1S/C12H10BrClOS3/c13-12-7(14)4-10(18-12)11(15)9-3-6-5-16-2-1-8(6)17-9/h3-4,11,15H,1-2,5H2. The van der Waals surface area contributed by atoms with E-state index < -0.39 is 6.10 Å².